The number of halogens is 1. The molecule has 0 radical (unpaired) electrons. The van der Waals surface area contributed by atoms with Gasteiger partial charge in [-0.25, -0.2) is 4.98 Å². The third kappa shape index (κ3) is 1.90. The molecule has 2 aromatic carbocycles. The second-order valence-corrected chi connectivity index (χ2v) is 5.60. The summed E-state index contributed by atoms with van der Waals surface area (Å²) in [6, 6.07) is 14.3. The van der Waals surface area contributed by atoms with Crippen LogP contribution in [0.5, 0.6) is 0 Å². The van der Waals surface area contributed by atoms with Gasteiger partial charge in [-0.05, 0) is 29.3 Å². The molecule has 0 spiro atoms. The Balaban J connectivity index is 1.84. The van der Waals surface area contributed by atoms with Crippen molar-refractivity contribution in [1.29, 1.82) is 0 Å². The lowest BCUT2D eigenvalue weighted by Gasteiger charge is -2.24. The maximum atomic E-state index is 6.03. The molecule has 0 amide bonds. The van der Waals surface area contributed by atoms with Crippen molar-refractivity contribution in [3.8, 4) is 0 Å². The van der Waals surface area contributed by atoms with Gasteiger partial charge in [0.25, 0.3) is 0 Å². The largest absolute Gasteiger partial charge is 0.341 e. The molecule has 2 N–H and O–H groups in total. The molecule has 1 aliphatic heterocycles. The van der Waals surface area contributed by atoms with E-state index < -0.39 is 0 Å². The van der Waals surface area contributed by atoms with Crippen molar-refractivity contribution in [2.24, 2.45) is 0 Å². The van der Waals surface area contributed by atoms with E-state index in [4.69, 9.17) is 16.6 Å². The van der Waals surface area contributed by atoms with E-state index in [0.717, 1.165) is 35.0 Å². The first kappa shape index (κ1) is 11.9. The summed E-state index contributed by atoms with van der Waals surface area (Å²) in [6.07, 6.45) is 0. The minimum Gasteiger partial charge on any atom is -0.341 e. The number of H-pyrrole nitrogens is 1. The molecule has 2 heterocycles. The zero-order valence-electron chi connectivity index (χ0n) is 10.9. The predicted octanol–water partition coefficient (Wildman–Crippen LogP) is 3.45. The summed E-state index contributed by atoms with van der Waals surface area (Å²) in [4.78, 5) is 8.13. The van der Waals surface area contributed by atoms with Crippen LogP contribution in [0.1, 0.15) is 22.9 Å². The number of rotatable bonds is 1. The number of imidazole rings is 1. The van der Waals surface area contributed by atoms with Crippen LogP contribution < -0.4 is 5.32 Å². The minimum atomic E-state index is 0.270. The van der Waals surface area contributed by atoms with Crippen LogP contribution in [0.2, 0.25) is 5.02 Å². The smallest absolute Gasteiger partial charge is 0.116 e. The van der Waals surface area contributed by atoms with Gasteiger partial charge in [-0.3, -0.25) is 0 Å². The Labute approximate surface area is 122 Å². The van der Waals surface area contributed by atoms with Crippen molar-refractivity contribution in [3.63, 3.8) is 0 Å². The van der Waals surface area contributed by atoms with E-state index in [1.54, 1.807) is 0 Å². The molecule has 4 rings (SSSR count). The van der Waals surface area contributed by atoms with E-state index in [0.29, 0.717) is 0 Å². The number of benzene rings is 2. The van der Waals surface area contributed by atoms with Gasteiger partial charge in [-0.1, -0.05) is 35.9 Å². The summed E-state index contributed by atoms with van der Waals surface area (Å²) in [7, 11) is 0. The second kappa shape index (κ2) is 4.62. The van der Waals surface area contributed by atoms with Gasteiger partial charge in [0.1, 0.15) is 5.82 Å². The van der Waals surface area contributed by atoms with Crippen LogP contribution in [-0.2, 0) is 6.54 Å². The van der Waals surface area contributed by atoms with Crippen LogP contribution in [0.4, 0.5) is 0 Å². The first-order valence-electron chi connectivity index (χ1n) is 6.75. The number of nitrogens with zero attached hydrogens (tertiary/aromatic N) is 1. The molecule has 20 heavy (non-hydrogen) atoms. The van der Waals surface area contributed by atoms with Crippen molar-refractivity contribution in [2.45, 2.75) is 12.5 Å². The summed E-state index contributed by atoms with van der Waals surface area (Å²) in [5.74, 6) is 1.27. The number of hydrogen-bond donors (Lipinski definition) is 2. The van der Waals surface area contributed by atoms with E-state index in [-0.39, 0.29) is 5.92 Å². The molecule has 4 heteroatoms. The lowest BCUT2D eigenvalue weighted by molar-refractivity contribution is 0.576. The summed E-state index contributed by atoms with van der Waals surface area (Å²) >= 11 is 6.03. The molecule has 1 aliphatic rings. The van der Waals surface area contributed by atoms with Gasteiger partial charge in [-0.15, -0.1) is 0 Å². The van der Waals surface area contributed by atoms with Crippen molar-refractivity contribution in [2.75, 3.05) is 6.54 Å². The Bertz CT molecular complexity index is 778. The quantitative estimate of drug-likeness (QED) is 0.718. The first-order valence-corrected chi connectivity index (χ1v) is 7.13. The molecule has 1 aromatic heterocycles. The van der Waals surface area contributed by atoms with Crippen molar-refractivity contribution < 1.29 is 0 Å². The average molecular weight is 284 g/mol. The van der Waals surface area contributed by atoms with E-state index in [2.05, 4.69) is 34.6 Å². The third-order valence-electron chi connectivity index (χ3n) is 3.89. The molecule has 3 aromatic rings. The molecule has 0 bridgehead atoms. The van der Waals surface area contributed by atoms with Crippen LogP contribution >= 0.6 is 11.6 Å². The fourth-order valence-corrected chi connectivity index (χ4v) is 3.08. The van der Waals surface area contributed by atoms with Gasteiger partial charge in [-0.2, -0.15) is 0 Å². The van der Waals surface area contributed by atoms with E-state index in [1.165, 1.54) is 11.1 Å². The molecule has 0 saturated heterocycles. The van der Waals surface area contributed by atoms with Gasteiger partial charge in [0.15, 0.2) is 0 Å². The fourth-order valence-electron chi connectivity index (χ4n) is 2.91. The zero-order chi connectivity index (χ0) is 13.5. The Morgan fingerprint density at radius 2 is 2.05 bits per heavy atom. The second-order valence-electron chi connectivity index (χ2n) is 5.17. The lowest BCUT2D eigenvalue weighted by Crippen LogP contribution is -2.29. The fraction of sp³-hybridized carbons (Fsp3) is 0.188. The third-order valence-corrected chi connectivity index (χ3v) is 4.12. The van der Waals surface area contributed by atoms with Crippen LogP contribution in [0.25, 0.3) is 11.0 Å². The van der Waals surface area contributed by atoms with Gasteiger partial charge >= 0.3 is 0 Å². The highest BCUT2D eigenvalue weighted by atomic mass is 35.5. The monoisotopic (exact) mass is 283 g/mol. The summed E-state index contributed by atoms with van der Waals surface area (Å²) in [5, 5.41) is 4.19. The Kier molecular flexibility index (Phi) is 2.76. The van der Waals surface area contributed by atoms with Crippen LogP contribution in [0.15, 0.2) is 42.5 Å². The Morgan fingerprint density at radius 1 is 1.15 bits per heavy atom. The summed E-state index contributed by atoms with van der Waals surface area (Å²) < 4.78 is 0. The molecular formula is C16H14ClN3. The molecule has 100 valence electrons. The highest BCUT2D eigenvalue weighted by Crippen LogP contribution is 2.30. The SMILES string of the molecule is Clc1ccc2nc(C3CNCc4ccccc43)[nH]c2c1. The molecule has 0 saturated carbocycles. The minimum absolute atomic E-state index is 0.270. The van der Waals surface area contributed by atoms with E-state index >= 15 is 0 Å². The van der Waals surface area contributed by atoms with Gasteiger partial charge in [0.2, 0.25) is 0 Å². The van der Waals surface area contributed by atoms with Crippen LogP contribution in [-0.4, -0.2) is 16.5 Å². The zero-order valence-corrected chi connectivity index (χ0v) is 11.6. The number of aromatic amines is 1. The number of nitrogens with one attached hydrogen (secondary N) is 2. The van der Waals surface area contributed by atoms with Crippen molar-refractivity contribution in [3.05, 3.63) is 64.4 Å². The number of hydrogen-bond acceptors (Lipinski definition) is 2. The van der Waals surface area contributed by atoms with Crippen LogP contribution in [0.3, 0.4) is 0 Å². The normalized spacial score (nSPS) is 18.1. The summed E-state index contributed by atoms with van der Waals surface area (Å²) in [5.41, 5.74) is 4.67. The highest BCUT2D eigenvalue weighted by Gasteiger charge is 2.23. The topological polar surface area (TPSA) is 40.7 Å². The molecule has 0 aliphatic carbocycles. The molecule has 1 unspecified atom stereocenters. The predicted molar refractivity (Wildman–Crippen MR) is 81.1 cm³/mol. The Morgan fingerprint density at radius 3 is 3.00 bits per heavy atom. The molecule has 3 nitrogen and oxygen atoms in total. The highest BCUT2D eigenvalue weighted by molar-refractivity contribution is 6.31. The lowest BCUT2D eigenvalue weighted by atomic mass is 9.90. The number of aromatic nitrogens is 2. The molecule has 0 fully saturated rings. The van der Waals surface area contributed by atoms with Gasteiger partial charge in [0.05, 0.1) is 17.0 Å². The maximum Gasteiger partial charge on any atom is 0.116 e. The van der Waals surface area contributed by atoms with Crippen LogP contribution in [0, 0.1) is 0 Å². The van der Waals surface area contributed by atoms with Crippen molar-refractivity contribution >= 4 is 22.6 Å². The van der Waals surface area contributed by atoms with Gasteiger partial charge < -0.3 is 10.3 Å². The van der Waals surface area contributed by atoms with Gasteiger partial charge in [0, 0.05) is 18.1 Å². The van der Waals surface area contributed by atoms with E-state index in [1.807, 2.05) is 18.2 Å². The maximum absolute atomic E-state index is 6.03. The van der Waals surface area contributed by atoms with E-state index in [9.17, 15) is 0 Å². The molecule has 1 atom stereocenters. The standard InChI is InChI=1S/C16H14ClN3/c17-11-5-6-14-15(7-11)20-16(19-14)13-9-18-8-10-3-1-2-4-12(10)13/h1-7,13,18H,8-9H2,(H,19,20). The summed E-state index contributed by atoms with van der Waals surface area (Å²) in [6.45, 7) is 1.84. The molecular weight excluding hydrogens is 270 g/mol. The first-order chi connectivity index (χ1) is 9.81. The average Bonchev–Trinajstić information content (AvgIpc) is 2.89. The van der Waals surface area contributed by atoms with Crippen molar-refractivity contribution in [1.82, 2.24) is 15.3 Å². The Hall–Kier alpha value is -1.84. The number of fused-ring (bicyclic) bond motifs is 2.